The van der Waals surface area contributed by atoms with E-state index >= 15 is 0 Å². The Morgan fingerprint density at radius 1 is 1.08 bits per heavy atom. The second-order valence-corrected chi connectivity index (χ2v) is 6.99. The summed E-state index contributed by atoms with van der Waals surface area (Å²) in [6, 6.07) is 19.2. The van der Waals surface area contributed by atoms with Crippen LogP contribution >= 0.6 is 0 Å². The van der Waals surface area contributed by atoms with Crippen molar-refractivity contribution < 1.29 is 4.42 Å². The molecule has 0 amide bonds. The first kappa shape index (κ1) is 15.3. The fourth-order valence-corrected chi connectivity index (χ4v) is 3.95. The van der Waals surface area contributed by atoms with Gasteiger partial charge in [-0.1, -0.05) is 18.2 Å². The summed E-state index contributed by atoms with van der Waals surface area (Å²) in [6.45, 7) is 1.97. The Balaban J connectivity index is 1.59. The van der Waals surface area contributed by atoms with E-state index in [1.807, 2.05) is 18.2 Å². The Morgan fingerprint density at radius 3 is 2.92 bits per heavy atom. The average Bonchev–Trinajstić information content (AvgIpc) is 3.15. The molecule has 0 radical (unpaired) electrons. The number of likely N-dealkylation sites (N-methyl/N-ethyl adjacent to an activating group) is 1. The molecule has 26 heavy (non-hydrogen) atoms. The Labute approximate surface area is 152 Å². The van der Waals surface area contributed by atoms with Gasteiger partial charge in [0.1, 0.15) is 5.58 Å². The summed E-state index contributed by atoms with van der Waals surface area (Å²) in [6.07, 6.45) is 3.46. The van der Waals surface area contributed by atoms with E-state index in [1.54, 1.807) is 12.5 Å². The molecule has 1 atom stereocenters. The summed E-state index contributed by atoms with van der Waals surface area (Å²) in [5.41, 5.74) is 7.07. The molecule has 5 rings (SSSR count). The van der Waals surface area contributed by atoms with Gasteiger partial charge < -0.3 is 9.32 Å². The molecular weight excluding hydrogens is 322 g/mol. The van der Waals surface area contributed by atoms with Crippen molar-refractivity contribution in [2.45, 2.75) is 12.5 Å². The monoisotopic (exact) mass is 341 g/mol. The van der Waals surface area contributed by atoms with Gasteiger partial charge in [0.25, 0.3) is 0 Å². The molecule has 0 fully saturated rings. The van der Waals surface area contributed by atoms with Crippen molar-refractivity contribution in [1.82, 2.24) is 15.1 Å². The zero-order valence-electron chi connectivity index (χ0n) is 14.6. The largest absolute Gasteiger partial charge is 0.464 e. The quantitative estimate of drug-likeness (QED) is 0.539. The van der Waals surface area contributed by atoms with Crippen LogP contribution in [0.15, 0.2) is 71.5 Å². The van der Waals surface area contributed by atoms with E-state index in [0.29, 0.717) is 5.92 Å². The number of fused-ring (bicyclic) bond motifs is 2. The van der Waals surface area contributed by atoms with E-state index in [0.717, 1.165) is 35.3 Å². The third kappa shape index (κ3) is 2.59. The number of hydrogen-bond acceptors (Lipinski definition) is 4. The molecule has 1 aliphatic rings. The summed E-state index contributed by atoms with van der Waals surface area (Å²) in [7, 11) is 2.18. The van der Waals surface area contributed by atoms with Crippen molar-refractivity contribution in [3.05, 3.63) is 83.7 Å². The zero-order chi connectivity index (χ0) is 17.5. The predicted molar refractivity (Wildman–Crippen MR) is 102 cm³/mol. The average molecular weight is 341 g/mol. The molecule has 2 aromatic carbocycles. The van der Waals surface area contributed by atoms with Crippen LogP contribution in [0, 0.1) is 0 Å². The van der Waals surface area contributed by atoms with Crippen LogP contribution in [0.25, 0.3) is 22.2 Å². The lowest BCUT2D eigenvalue weighted by Crippen LogP contribution is -2.31. The Bertz CT molecular complexity index is 1070. The van der Waals surface area contributed by atoms with E-state index in [9.17, 15) is 0 Å². The van der Waals surface area contributed by atoms with Gasteiger partial charge in [0, 0.05) is 36.2 Å². The lowest BCUT2D eigenvalue weighted by molar-refractivity contribution is 0.295. The normalized spacial score (nSPS) is 17.3. The molecule has 3 heterocycles. The number of nitrogens with zero attached hydrogens (tertiary/aromatic N) is 3. The molecule has 4 heteroatoms. The minimum Gasteiger partial charge on any atom is -0.464 e. The summed E-state index contributed by atoms with van der Waals surface area (Å²) in [5, 5.41) is 9.41. The van der Waals surface area contributed by atoms with Gasteiger partial charge in [-0.2, -0.15) is 10.2 Å². The Kier molecular flexibility index (Phi) is 3.57. The molecule has 2 aromatic heterocycles. The Morgan fingerprint density at radius 2 is 2.04 bits per heavy atom. The molecular formula is C22H19N3O. The van der Waals surface area contributed by atoms with Gasteiger partial charge in [-0.3, -0.25) is 0 Å². The van der Waals surface area contributed by atoms with Crippen LogP contribution in [0.3, 0.4) is 0 Å². The molecule has 1 aliphatic heterocycles. The highest BCUT2D eigenvalue weighted by Crippen LogP contribution is 2.36. The number of benzene rings is 2. The zero-order valence-corrected chi connectivity index (χ0v) is 14.6. The first-order chi connectivity index (χ1) is 12.8. The lowest BCUT2D eigenvalue weighted by Gasteiger charge is -2.33. The molecule has 0 bridgehead atoms. The SMILES string of the molecule is CN1Cc2cc(-c3cccnn3)ccc2C(c2ccc3occc3c2)C1. The van der Waals surface area contributed by atoms with E-state index in [2.05, 4.69) is 58.5 Å². The van der Waals surface area contributed by atoms with Gasteiger partial charge in [-0.15, -0.1) is 0 Å². The highest BCUT2D eigenvalue weighted by Gasteiger charge is 2.25. The van der Waals surface area contributed by atoms with Crippen LogP contribution in [0.5, 0.6) is 0 Å². The highest BCUT2D eigenvalue weighted by atomic mass is 16.3. The molecule has 0 N–H and O–H groups in total. The smallest absolute Gasteiger partial charge is 0.133 e. The summed E-state index contributed by atoms with van der Waals surface area (Å²) in [4.78, 5) is 2.38. The molecule has 0 saturated carbocycles. The summed E-state index contributed by atoms with van der Waals surface area (Å²) in [5.74, 6) is 0.360. The van der Waals surface area contributed by atoms with Crippen LogP contribution in [0.4, 0.5) is 0 Å². The maximum absolute atomic E-state index is 5.49. The van der Waals surface area contributed by atoms with Crippen LogP contribution in [-0.2, 0) is 6.54 Å². The van der Waals surface area contributed by atoms with Crippen molar-refractivity contribution in [3.63, 3.8) is 0 Å². The van der Waals surface area contributed by atoms with E-state index < -0.39 is 0 Å². The van der Waals surface area contributed by atoms with Crippen molar-refractivity contribution >= 4 is 11.0 Å². The first-order valence-electron chi connectivity index (χ1n) is 8.84. The van der Waals surface area contributed by atoms with Crippen molar-refractivity contribution in [2.75, 3.05) is 13.6 Å². The minimum atomic E-state index is 0.360. The fraction of sp³-hybridized carbons (Fsp3) is 0.182. The van der Waals surface area contributed by atoms with Gasteiger partial charge in [0.05, 0.1) is 12.0 Å². The molecule has 4 nitrogen and oxygen atoms in total. The minimum absolute atomic E-state index is 0.360. The second-order valence-electron chi connectivity index (χ2n) is 6.99. The molecule has 0 spiro atoms. The predicted octanol–water partition coefficient (Wildman–Crippen LogP) is 4.47. The summed E-state index contributed by atoms with van der Waals surface area (Å²) >= 11 is 0. The fourth-order valence-electron chi connectivity index (χ4n) is 3.95. The first-order valence-corrected chi connectivity index (χ1v) is 8.84. The van der Waals surface area contributed by atoms with Crippen LogP contribution in [0.1, 0.15) is 22.6 Å². The number of rotatable bonds is 2. The van der Waals surface area contributed by atoms with Gasteiger partial charge >= 0.3 is 0 Å². The van der Waals surface area contributed by atoms with Gasteiger partial charge in [0.15, 0.2) is 0 Å². The third-order valence-corrected chi connectivity index (χ3v) is 5.20. The van der Waals surface area contributed by atoms with Gasteiger partial charge in [-0.05, 0) is 60.1 Å². The number of aromatic nitrogens is 2. The van der Waals surface area contributed by atoms with E-state index in [4.69, 9.17) is 4.42 Å². The van der Waals surface area contributed by atoms with Crippen molar-refractivity contribution in [1.29, 1.82) is 0 Å². The maximum atomic E-state index is 5.49. The molecule has 1 unspecified atom stereocenters. The van der Waals surface area contributed by atoms with E-state index in [1.165, 1.54) is 16.7 Å². The standard InChI is InChI=1S/C22H19N3O/c1-25-13-18-12-16(21-3-2-9-23-24-21)4-6-19(18)20(14-25)15-5-7-22-17(11-15)8-10-26-22/h2-12,20H,13-14H2,1H3. The highest BCUT2D eigenvalue weighted by molar-refractivity contribution is 5.78. The van der Waals surface area contributed by atoms with Crippen LogP contribution in [-0.4, -0.2) is 28.7 Å². The van der Waals surface area contributed by atoms with Crippen LogP contribution in [0.2, 0.25) is 0 Å². The van der Waals surface area contributed by atoms with Gasteiger partial charge in [-0.25, -0.2) is 0 Å². The van der Waals surface area contributed by atoms with Crippen molar-refractivity contribution in [3.8, 4) is 11.3 Å². The summed E-state index contributed by atoms with van der Waals surface area (Å²) < 4.78 is 5.49. The lowest BCUT2D eigenvalue weighted by atomic mass is 9.83. The number of furan rings is 1. The van der Waals surface area contributed by atoms with E-state index in [-0.39, 0.29) is 0 Å². The van der Waals surface area contributed by atoms with Crippen LogP contribution < -0.4 is 0 Å². The maximum Gasteiger partial charge on any atom is 0.133 e. The third-order valence-electron chi connectivity index (χ3n) is 5.20. The molecule has 128 valence electrons. The molecule has 4 aromatic rings. The van der Waals surface area contributed by atoms with Crippen molar-refractivity contribution in [2.24, 2.45) is 0 Å². The topological polar surface area (TPSA) is 42.2 Å². The number of hydrogen-bond donors (Lipinski definition) is 0. The molecule has 0 aliphatic carbocycles. The van der Waals surface area contributed by atoms with Gasteiger partial charge in [0.2, 0.25) is 0 Å². The second kappa shape index (κ2) is 6.07. The molecule has 0 saturated heterocycles. The Hall–Kier alpha value is -2.98.